The van der Waals surface area contributed by atoms with E-state index in [1.807, 2.05) is 55.4 Å². The average Bonchev–Trinajstić information content (AvgIpc) is 2.52. The first-order valence-corrected chi connectivity index (χ1v) is 8.29. The van der Waals surface area contributed by atoms with Gasteiger partial charge in [0.1, 0.15) is 0 Å². The minimum atomic E-state index is -0.847. The first-order valence-electron chi connectivity index (χ1n) is 7.53. The number of hydrogen-bond donors (Lipinski definition) is 1. The van der Waals surface area contributed by atoms with Crippen LogP contribution in [0.25, 0.3) is 21.9 Å². The van der Waals surface area contributed by atoms with Crippen molar-refractivity contribution in [2.24, 2.45) is 5.73 Å². The number of nitrogens with two attached hydrogens (primary N) is 1. The molecule has 0 spiro atoms. The summed E-state index contributed by atoms with van der Waals surface area (Å²) in [4.78, 5) is 13.1. The van der Waals surface area contributed by atoms with Gasteiger partial charge in [-0.15, -0.1) is 0 Å². The summed E-state index contributed by atoms with van der Waals surface area (Å²) < 4.78 is 5.15. The van der Waals surface area contributed by atoms with Crippen molar-refractivity contribution in [3.05, 3.63) is 58.6 Å². The molecule has 4 nitrogen and oxygen atoms in total. The Kier molecular flexibility index (Phi) is 4.75. The maximum Gasteiger partial charge on any atom is 0.410 e. The zero-order chi connectivity index (χ0) is 18.1. The molecule has 128 valence electrons. The largest absolute Gasteiger partial charge is 0.410 e. The first kappa shape index (κ1) is 17.4. The zero-order valence-electron chi connectivity index (χ0n) is 13.7. The average molecular weight is 375 g/mol. The second-order valence-electron chi connectivity index (χ2n) is 5.79. The van der Waals surface area contributed by atoms with Crippen molar-refractivity contribution in [3.8, 4) is 16.9 Å². The number of fused-ring (bicyclic) bond motifs is 1. The van der Waals surface area contributed by atoms with Crippen LogP contribution in [0.1, 0.15) is 0 Å². The van der Waals surface area contributed by atoms with Crippen LogP contribution >= 0.6 is 23.2 Å². The van der Waals surface area contributed by atoms with E-state index in [-0.39, 0.29) is 0 Å². The Labute approximate surface area is 155 Å². The zero-order valence-corrected chi connectivity index (χ0v) is 15.2. The lowest BCUT2D eigenvalue weighted by Crippen LogP contribution is -2.19. The third kappa shape index (κ3) is 3.50. The predicted molar refractivity (Wildman–Crippen MR) is 104 cm³/mol. The number of hydrogen-bond acceptors (Lipinski definition) is 3. The second-order valence-corrected chi connectivity index (χ2v) is 6.66. The Bertz CT molecular complexity index is 951. The Morgan fingerprint density at radius 2 is 1.68 bits per heavy atom. The number of amides is 1. The summed E-state index contributed by atoms with van der Waals surface area (Å²) in [5.41, 5.74) is 7.85. The van der Waals surface area contributed by atoms with Crippen LogP contribution in [0.5, 0.6) is 5.75 Å². The molecule has 6 heteroatoms. The van der Waals surface area contributed by atoms with Crippen LogP contribution in [-0.2, 0) is 0 Å². The molecule has 0 aliphatic heterocycles. The molecule has 3 aromatic carbocycles. The molecule has 0 radical (unpaired) electrons. The van der Waals surface area contributed by atoms with E-state index in [2.05, 4.69) is 0 Å². The van der Waals surface area contributed by atoms with Gasteiger partial charge in [0.2, 0.25) is 0 Å². The molecule has 0 saturated carbocycles. The molecule has 0 unspecified atom stereocenters. The maximum atomic E-state index is 11.2. The van der Waals surface area contributed by atoms with E-state index in [1.54, 1.807) is 12.1 Å². The molecule has 1 amide bonds. The summed E-state index contributed by atoms with van der Waals surface area (Å²) in [7, 11) is 3.76. The van der Waals surface area contributed by atoms with Crippen LogP contribution in [0.3, 0.4) is 0 Å². The van der Waals surface area contributed by atoms with Gasteiger partial charge in [-0.05, 0) is 46.8 Å². The molecule has 0 aliphatic rings. The maximum absolute atomic E-state index is 11.2. The molecule has 0 fully saturated rings. The van der Waals surface area contributed by atoms with E-state index < -0.39 is 6.09 Å². The standard InChI is InChI=1S/C19H16Cl2N2O2/c1-23(2)18-16-5-3-4-14(11-8-12(20)10-13(21)9-11)15(16)6-7-17(18)25-19(22)24/h3-10H,1-2H3,(H2,22,24). The fraction of sp³-hybridized carbons (Fsp3) is 0.105. The summed E-state index contributed by atoms with van der Waals surface area (Å²) in [6.45, 7) is 0. The van der Waals surface area contributed by atoms with Gasteiger partial charge in [0.15, 0.2) is 5.75 Å². The van der Waals surface area contributed by atoms with Crippen molar-refractivity contribution in [3.63, 3.8) is 0 Å². The summed E-state index contributed by atoms with van der Waals surface area (Å²) in [6.07, 6.45) is -0.847. The quantitative estimate of drug-likeness (QED) is 0.673. The highest BCUT2D eigenvalue weighted by Crippen LogP contribution is 2.40. The molecule has 3 aromatic rings. The van der Waals surface area contributed by atoms with Crippen LogP contribution < -0.4 is 15.4 Å². The van der Waals surface area contributed by atoms with Gasteiger partial charge < -0.3 is 15.4 Å². The number of nitrogens with zero attached hydrogens (tertiary/aromatic N) is 1. The minimum absolute atomic E-state index is 0.409. The summed E-state index contributed by atoms with van der Waals surface area (Å²) in [5, 5.41) is 3.06. The lowest BCUT2D eigenvalue weighted by molar-refractivity contribution is 0.211. The van der Waals surface area contributed by atoms with Gasteiger partial charge >= 0.3 is 6.09 Å². The fourth-order valence-electron chi connectivity index (χ4n) is 2.94. The molecule has 0 saturated heterocycles. The molecule has 0 heterocycles. The monoisotopic (exact) mass is 374 g/mol. The smallest absolute Gasteiger partial charge is 0.408 e. The topological polar surface area (TPSA) is 55.6 Å². The van der Waals surface area contributed by atoms with Gasteiger partial charge in [-0.25, -0.2) is 4.79 Å². The van der Waals surface area contributed by atoms with Gasteiger partial charge in [0.25, 0.3) is 0 Å². The highest BCUT2D eigenvalue weighted by Gasteiger charge is 2.15. The number of ether oxygens (including phenoxy) is 1. The Balaban J connectivity index is 2.30. The van der Waals surface area contributed by atoms with Crippen molar-refractivity contribution in [1.82, 2.24) is 0 Å². The van der Waals surface area contributed by atoms with Crippen LogP contribution in [0.2, 0.25) is 10.0 Å². The SMILES string of the molecule is CN(C)c1c(OC(N)=O)ccc2c(-c3cc(Cl)cc(Cl)c3)cccc12. The Morgan fingerprint density at radius 1 is 1.00 bits per heavy atom. The van der Waals surface area contributed by atoms with Crippen molar-refractivity contribution >= 4 is 45.8 Å². The number of anilines is 1. The highest BCUT2D eigenvalue weighted by atomic mass is 35.5. The van der Waals surface area contributed by atoms with E-state index in [1.165, 1.54) is 0 Å². The van der Waals surface area contributed by atoms with E-state index in [9.17, 15) is 4.79 Å². The van der Waals surface area contributed by atoms with Crippen molar-refractivity contribution in [2.45, 2.75) is 0 Å². The number of rotatable bonds is 3. The van der Waals surface area contributed by atoms with Crippen molar-refractivity contribution in [1.29, 1.82) is 0 Å². The fourth-order valence-corrected chi connectivity index (χ4v) is 3.46. The molecule has 0 aliphatic carbocycles. The van der Waals surface area contributed by atoms with Crippen LogP contribution in [0.15, 0.2) is 48.5 Å². The molecule has 0 bridgehead atoms. The molecule has 0 atom stereocenters. The van der Waals surface area contributed by atoms with Crippen molar-refractivity contribution in [2.75, 3.05) is 19.0 Å². The summed E-state index contributed by atoms with van der Waals surface area (Å²) in [5.74, 6) is 0.409. The van der Waals surface area contributed by atoms with Gasteiger partial charge in [0, 0.05) is 29.5 Å². The number of benzene rings is 3. The van der Waals surface area contributed by atoms with Gasteiger partial charge in [-0.2, -0.15) is 0 Å². The predicted octanol–water partition coefficient (Wildman–Crippen LogP) is 5.34. The first-order chi connectivity index (χ1) is 11.9. The van der Waals surface area contributed by atoms with E-state index in [0.29, 0.717) is 15.8 Å². The Hall–Kier alpha value is -2.43. The Morgan fingerprint density at radius 3 is 2.28 bits per heavy atom. The van der Waals surface area contributed by atoms with E-state index in [0.717, 1.165) is 27.6 Å². The molecular formula is C19H16Cl2N2O2. The van der Waals surface area contributed by atoms with Crippen LogP contribution in [0.4, 0.5) is 10.5 Å². The third-order valence-electron chi connectivity index (χ3n) is 3.83. The highest BCUT2D eigenvalue weighted by molar-refractivity contribution is 6.35. The third-order valence-corrected chi connectivity index (χ3v) is 4.26. The molecular weight excluding hydrogens is 359 g/mol. The van der Waals surface area contributed by atoms with E-state index in [4.69, 9.17) is 33.7 Å². The summed E-state index contributed by atoms with van der Waals surface area (Å²) in [6, 6.07) is 15.0. The number of carbonyl (C=O) groups excluding carboxylic acids is 1. The molecule has 0 aromatic heterocycles. The molecule has 2 N–H and O–H groups in total. The van der Waals surface area contributed by atoms with Gasteiger partial charge in [-0.1, -0.05) is 41.4 Å². The number of carbonyl (C=O) groups is 1. The van der Waals surface area contributed by atoms with Crippen LogP contribution in [-0.4, -0.2) is 20.2 Å². The minimum Gasteiger partial charge on any atom is -0.408 e. The lowest BCUT2D eigenvalue weighted by atomic mass is 9.97. The number of halogens is 2. The van der Waals surface area contributed by atoms with Gasteiger partial charge in [-0.3, -0.25) is 0 Å². The van der Waals surface area contributed by atoms with E-state index >= 15 is 0 Å². The second kappa shape index (κ2) is 6.82. The normalized spacial score (nSPS) is 10.7. The van der Waals surface area contributed by atoms with Crippen LogP contribution in [0, 0.1) is 0 Å². The van der Waals surface area contributed by atoms with Crippen molar-refractivity contribution < 1.29 is 9.53 Å². The summed E-state index contributed by atoms with van der Waals surface area (Å²) >= 11 is 12.3. The molecule has 3 rings (SSSR count). The molecule has 25 heavy (non-hydrogen) atoms. The van der Waals surface area contributed by atoms with Gasteiger partial charge in [0.05, 0.1) is 5.69 Å². The number of primary amides is 1. The lowest BCUT2D eigenvalue weighted by Gasteiger charge is -2.20.